The van der Waals surface area contributed by atoms with E-state index in [1.165, 1.54) is 0 Å². The van der Waals surface area contributed by atoms with Crippen LogP contribution in [0.2, 0.25) is 0 Å². The number of unbranched alkanes of at least 4 members (excludes halogenated alkanes) is 1. The van der Waals surface area contributed by atoms with Gasteiger partial charge in [-0.1, -0.05) is 24.6 Å². The van der Waals surface area contributed by atoms with Crippen LogP contribution in [-0.2, 0) is 30.4 Å². The average molecular weight is 518 g/mol. The summed E-state index contributed by atoms with van der Waals surface area (Å²) >= 11 is 0. The normalized spacial score (nSPS) is 13.4. The van der Waals surface area contributed by atoms with Gasteiger partial charge >= 0.3 is 5.97 Å². The molecular formula is C24H35N7O6. The smallest absolute Gasteiger partial charge is 0.326 e. The summed E-state index contributed by atoms with van der Waals surface area (Å²) in [5.41, 5.74) is 17.9. The number of amides is 4. The number of carbonyl (C=O) groups excluding carboxylic acids is 4. The molecular weight excluding hydrogens is 482 g/mol. The predicted molar refractivity (Wildman–Crippen MR) is 136 cm³/mol. The van der Waals surface area contributed by atoms with Crippen molar-refractivity contribution in [1.29, 1.82) is 0 Å². The monoisotopic (exact) mass is 517 g/mol. The molecule has 1 aromatic carbocycles. The van der Waals surface area contributed by atoms with E-state index in [0.717, 1.165) is 17.3 Å². The van der Waals surface area contributed by atoms with Crippen molar-refractivity contribution in [3.63, 3.8) is 0 Å². The summed E-state index contributed by atoms with van der Waals surface area (Å²) in [6.07, 6.45) is 3.06. The third kappa shape index (κ3) is 9.54. The maximum atomic E-state index is 12.9. The number of carboxylic acid groups (broad SMARTS) is 1. The lowest BCUT2D eigenvalue weighted by atomic mass is 10.0. The minimum absolute atomic E-state index is 0.0142. The molecule has 13 heteroatoms. The Balaban J connectivity index is 2.00. The van der Waals surface area contributed by atoms with E-state index in [2.05, 4.69) is 20.9 Å². The maximum absolute atomic E-state index is 12.9. The summed E-state index contributed by atoms with van der Waals surface area (Å²) in [5.74, 6) is -4.01. The van der Waals surface area contributed by atoms with Gasteiger partial charge in [-0.3, -0.25) is 19.2 Å². The zero-order valence-corrected chi connectivity index (χ0v) is 20.5. The second-order valence-electron chi connectivity index (χ2n) is 8.70. The summed E-state index contributed by atoms with van der Waals surface area (Å²) in [7, 11) is 0. The average Bonchev–Trinajstić information content (AvgIpc) is 3.27. The van der Waals surface area contributed by atoms with Crippen LogP contribution >= 0.6 is 0 Å². The van der Waals surface area contributed by atoms with Gasteiger partial charge in [-0.05, 0) is 37.4 Å². The number of aliphatic carboxylic acids is 1. The lowest BCUT2D eigenvalue weighted by molar-refractivity contribution is -0.142. The molecule has 11 N–H and O–H groups in total. The maximum Gasteiger partial charge on any atom is 0.326 e. The highest BCUT2D eigenvalue weighted by atomic mass is 16.4. The summed E-state index contributed by atoms with van der Waals surface area (Å²) in [6, 6.07) is 3.96. The molecule has 0 saturated heterocycles. The summed E-state index contributed by atoms with van der Waals surface area (Å²) in [6.45, 7) is 0.0253. The van der Waals surface area contributed by atoms with Gasteiger partial charge < -0.3 is 43.2 Å². The first-order valence-corrected chi connectivity index (χ1v) is 12.0. The first kappa shape index (κ1) is 29.3. The van der Waals surface area contributed by atoms with Crippen LogP contribution in [0.3, 0.4) is 0 Å². The molecule has 3 unspecified atom stereocenters. The third-order valence-corrected chi connectivity index (χ3v) is 5.77. The number of H-pyrrole nitrogens is 1. The Kier molecular flexibility index (Phi) is 11.5. The zero-order chi connectivity index (χ0) is 27.4. The third-order valence-electron chi connectivity index (χ3n) is 5.77. The van der Waals surface area contributed by atoms with E-state index >= 15 is 0 Å². The number of hydrogen-bond donors (Lipinski definition) is 8. The predicted octanol–water partition coefficient (Wildman–Crippen LogP) is -1.40. The van der Waals surface area contributed by atoms with Crippen molar-refractivity contribution < 1.29 is 29.1 Å². The Morgan fingerprint density at radius 3 is 2.38 bits per heavy atom. The number of carbonyl (C=O) groups is 5. The molecule has 0 spiro atoms. The zero-order valence-electron chi connectivity index (χ0n) is 20.5. The van der Waals surface area contributed by atoms with E-state index in [1.54, 1.807) is 6.20 Å². The van der Waals surface area contributed by atoms with Crippen LogP contribution in [0.4, 0.5) is 0 Å². The highest BCUT2D eigenvalue weighted by Crippen LogP contribution is 2.19. The molecule has 2 rings (SSSR count). The molecule has 0 aliphatic heterocycles. The van der Waals surface area contributed by atoms with Crippen LogP contribution in [0.25, 0.3) is 10.9 Å². The molecule has 202 valence electrons. The molecule has 1 aromatic heterocycles. The van der Waals surface area contributed by atoms with Crippen molar-refractivity contribution in [2.45, 2.75) is 56.7 Å². The minimum Gasteiger partial charge on any atom is -0.480 e. The summed E-state index contributed by atoms with van der Waals surface area (Å²) < 4.78 is 0. The molecule has 0 fully saturated rings. The molecule has 0 aliphatic carbocycles. The van der Waals surface area contributed by atoms with E-state index in [1.807, 2.05) is 24.3 Å². The first-order chi connectivity index (χ1) is 17.6. The molecule has 2 aromatic rings. The molecule has 0 aliphatic rings. The van der Waals surface area contributed by atoms with Gasteiger partial charge in [0.2, 0.25) is 23.6 Å². The van der Waals surface area contributed by atoms with E-state index in [4.69, 9.17) is 17.2 Å². The van der Waals surface area contributed by atoms with Crippen LogP contribution in [0.1, 0.15) is 37.7 Å². The van der Waals surface area contributed by atoms with Crippen LogP contribution in [0, 0.1) is 0 Å². The number of aromatic amines is 1. The van der Waals surface area contributed by atoms with Gasteiger partial charge in [0, 0.05) is 29.9 Å². The van der Waals surface area contributed by atoms with Crippen molar-refractivity contribution in [1.82, 2.24) is 20.9 Å². The fourth-order valence-electron chi connectivity index (χ4n) is 3.73. The van der Waals surface area contributed by atoms with Gasteiger partial charge in [0.25, 0.3) is 0 Å². The molecule has 1 heterocycles. The molecule has 4 amide bonds. The molecule has 3 atom stereocenters. The first-order valence-electron chi connectivity index (χ1n) is 12.0. The van der Waals surface area contributed by atoms with Crippen molar-refractivity contribution in [2.75, 3.05) is 13.1 Å². The second kappa shape index (κ2) is 14.6. The van der Waals surface area contributed by atoms with Gasteiger partial charge in [-0.25, -0.2) is 4.79 Å². The number of nitrogens with one attached hydrogen (secondary N) is 4. The molecule has 0 bridgehead atoms. The number of fused-ring (bicyclic) bond motifs is 1. The van der Waals surface area contributed by atoms with Crippen LogP contribution in [-0.4, -0.2) is 70.9 Å². The largest absolute Gasteiger partial charge is 0.480 e. The SMILES string of the molecule is NCCCCC(N)C(=O)NCC(=O)NC(CCC(N)=O)C(=O)NC(Cc1c[nH]c2ccccc12)C(=O)O. The second-order valence-corrected chi connectivity index (χ2v) is 8.70. The Labute approximate surface area is 213 Å². The Hall–Kier alpha value is -3.97. The van der Waals surface area contributed by atoms with E-state index < -0.39 is 54.3 Å². The van der Waals surface area contributed by atoms with E-state index in [0.29, 0.717) is 24.9 Å². The quantitative estimate of drug-likeness (QED) is 0.123. The molecule has 0 radical (unpaired) electrons. The van der Waals surface area contributed by atoms with Gasteiger partial charge in [0.1, 0.15) is 12.1 Å². The summed E-state index contributed by atoms with van der Waals surface area (Å²) in [4.78, 5) is 63.6. The topological polar surface area (TPSA) is 236 Å². The van der Waals surface area contributed by atoms with Gasteiger partial charge in [-0.15, -0.1) is 0 Å². The van der Waals surface area contributed by atoms with Gasteiger partial charge in [0.15, 0.2) is 0 Å². The van der Waals surface area contributed by atoms with Crippen molar-refractivity contribution in [2.24, 2.45) is 17.2 Å². The van der Waals surface area contributed by atoms with Crippen molar-refractivity contribution in [3.05, 3.63) is 36.0 Å². The van der Waals surface area contributed by atoms with Crippen molar-refractivity contribution in [3.8, 4) is 0 Å². The fraction of sp³-hybridized carbons (Fsp3) is 0.458. The Bertz CT molecular complexity index is 1100. The van der Waals surface area contributed by atoms with Crippen LogP contribution < -0.4 is 33.2 Å². The number of aromatic nitrogens is 1. The Morgan fingerprint density at radius 2 is 1.70 bits per heavy atom. The van der Waals surface area contributed by atoms with Crippen LogP contribution in [0.5, 0.6) is 0 Å². The molecule has 0 saturated carbocycles. The minimum atomic E-state index is -1.30. The number of nitrogens with two attached hydrogens (primary N) is 3. The number of benzene rings is 1. The van der Waals surface area contributed by atoms with Gasteiger partial charge in [0.05, 0.1) is 12.6 Å². The van der Waals surface area contributed by atoms with Crippen LogP contribution in [0.15, 0.2) is 30.5 Å². The highest BCUT2D eigenvalue weighted by Gasteiger charge is 2.28. The number of carboxylic acids is 1. The summed E-state index contributed by atoms with van der Waals surface area (Å²) in [5, 5.41) is 17.8. The van der Waals surface area contributed by atoms with E-state index in [9.17, 15) is 29.1 Å². The lowest BCUT2D eigenvalue weighted by Gasteiger charge is -2.21. The van der Waals surface area contributed by atoms with Gasteiger partial charge in [-0.2, -0.15) is 0 Å². The standard InChI is InChI=1S/C24H35N7O6/c25-10-4-3-6-16(26)22(34)29-13-21(33)30-18(8-9-20(27)32)23(35)31-19(24(36)37)11-14-12-28-17-7-2-1-5-15(14)17/h1-2,5,7,12,16,18-19,28H,3-4,6,8-11,13,25-26H2,(H2,27,32)(H,29,34)(H,30,33)(H,31,35)(H,36,37). The molecule has 37 heavy (non-hydrogen) atoms. The number of rotatable bonds is 16. The van der Waals surface area contributed by atoms with E-state index in [-0.39, 0.29) is 19.3 Å². The number of hydrogen-bond acceptors (Lipinski definition) is 7. The lowest BCUT2D eigenvalue weighted by Crippen LogP contribution is -2.54. The number of para-hydroxylation sites is 1. The van der Waals surface area contributed by atoms with Crippen molar-refractivity contribution >= 4 is 40.5 Å². The number of primary amides is 1. The highest BCUT2D eigenvalue weighted by molar-refractivity contribution is 5.93. The Morgan fingerprint density at radius 1 is 0.973 bits per heavy atom. The fourth-order valence-corrected chi connectivity index (χ4v) is 3.73. The molecule has 13 nitrogen and oxygen atoms in total.